The second-order valence-electron chi connectivity index (χ2n) is 9.19. The fourth-order valence-corrected chi connectivity index (χ4v) is 6.03. The van der Waals surface area contributed by atoms with Crippen LogP contribution in [0, 0.1) is 5.92 Å². The van der Waals surface area contributed by atoms with E-state index in [0.717, 1.165) is 23.2 Å². The molecule has 0 saturated carbocycles. The van der Waals surface area contributed by atoms with E-state index in [0.29, 0.717) is 22.3 Å². The predicted octanol–water partition coefficient (Wildman–Crippen LogP) is 4.61. The van der Waals surface area contributed by atoms with Crippen LogP contribution in [0.25, 0.3) is 0 Å². The summed E-state index contributed by atoms with van der Waals surface area (Å²) in [6.45, 7) is 5.52. The van der Waals surface area contributed by atoms with E-state index in [9.17, 15) is 8.42 Å². The molecule has 7 heteroatoms. The number of allylic oxidation sites excluding steroid dienone is 2. The third-order valence-electron chi connectivity index (χ3n) is 5.85. The van der Waals surface area contributed by atoms with Crippen LogP contribution in [0.5, 0.6) is 11.5 Å². The van der Waals surface area contributed by atoms with Gasteiger partial charge in [0.05, 0.1) is 25.2 Å². The van der Waals surface area contributed by atoms with E-state index >= 15 is 0 Å². The normalized spacial score (nSPS) is 22.4. The Hall–Kier alpha value is -2.51. The van der Waals surface area contributed by atoms with Crippen molar-refractivity contribution in [1.82, 2.24) is 4.72 Å². The van der Waals surface area contributed by atoms with Gasteiger partial charge in [-0.05, 0) is 74.6 Å². The van der Waals surface area contributed by atoms with Gasteiger partial charge in [-0.25, -0.2) is 13.1 Å². The zero-order chi connectivity index (χ0) is 22.4. The molecule has 3 unspecified atom stereocenters. The first-order valence-corrected chi connectivity index (χ1v) is 11.9. The minimum atomic E-state index is -3.59. The largest absolute Gasteiger partial charge is 0.493 e. The Morgan fingerprint density at radius 3 is 2.45 bits per heavy atom. The molecule has 0 radical (unpaired) electrons. The summed E-state index contributed by atoms with van der Waals surface area (Å²) in [5, 5.41) is 3.65. The number of anilines is 1. The summed E-state index contributed by atoms with van der Waals surface area (Å²) in [4.78, 5) is 0.298. The van der Waals surface area contributed by atoms with Gasteiger partial charge in [-0.3, -0.25) is 0 Å². The van der Waals surface area contributed by atoms with Gasteiger partial charge < -0.3 is 14.8 Å². The lowest BCUT2D eigenvalue weighted by Gasteiger charge is -2.38. The zero-order valence-electron chi connectivity index (χ0n) is 18.6. The number of methoxy groups -OCH3 is 2. The van der Waals surface area contributed by atoms with Crippen molar-refractivity contribution in [1.29, 1.82) is 0 Å². The molecule has 3 atom stereocenters. The molecule has 31 heavy (non-hydrogen) atoms. The van der Waals surface area contributed by atoms with Crippen molar-refractivity contribution in [2.45, 2.75) is 49.6 Å². The number of sulfonamides is 1. The molecule has 1 heterocycles. The highest BCUT2D eigenvalue weighted by atomic mass is 32.2. The van der Waals surface area contributed by atoms with Crippen LogP contribution in [0.3, 0.4) is 0 Å². The number of ether oxygens (including phenoxy) is 2. The molecule has 6 nitrogen and oxygen atoms in total. The minimum absolute atomic E-state index is 0.0856. The van der Waals surface area contributed by atoms with E-state index in [4.69, 9.17) is 9.47 Å². The molecule has 0 bridgehead atoms. The Kier molecular flexibility index (Phi) is 5.52. The predicted molar refractivity (Wildman–Crippen MR) is 122 cm³/mol. The highest BCUT2D eigenvalue weighted by Gasteiger charge is 2.39. The lowest BCUT2D eigenvalue weighted by Crippen LogP contribution is -2.40. The molecule has 4 rings (SSSR count). The molecule has 1 aliphatic heterocycles. The molecule has 2 N–H and O–H groups in total. The fraction of sp³-hybridized carbons (Fsp3) is 0.417. The van der Waals surface area contributed by atoms with Crippen molar-refractivity contribution in [2.75, 3.05) is 19.5 Å². The van der Waals surface area contributed by atoms with E-state index in [1.54, 1.807) is 20.3 Å². The third kappa shape index (κ3) is 4.16. The van der Waals surface area contributed by atoms with Crippen LogP contribution in [0.15, 0.2) is 53.4 Å². The first kappa shape index (κ1) is 21.7. The fourth-order valence-electron chi connectivity index (χ4n) is 4.58. The van der Waals surface area contributed by atoms with Crippen molar-refractivity contribution in [3.8, 4) is 11.5 Å². The molecule has 0 fully saturated rings. The van der Waals surface area contributed by atoms with Crippen molar-refractivity contribution in [3.05, 3.63) is 59.7 Å². The van der Waals surface area contributed by atoms with Crippen LogP contribution >= 0.6 is 0 Å². The molecule has 0 saturated heterocycles. The van der Waals surface area contributed by atoms with Gasteiger partial charge in [0.1, 0.15) is 0 Å². The molecule has 0 aromatic heterocycles. The van der Waals surface area contributed by atoms with Gasteiger partial charge in [0.25, 0.3) is 0 Å². The Morgan fingerprint density at radius 2 is 1.77 bits per heavy atom. The van der Waals surface area contributed by atoms with E-state index in [1.165, 1.54) is 0 Å². The maximum atomic E-state index is 12.9. The zero-order valence-corrected chi connectivity index (χ0v) is 19.4. The third-order valence-corrected chi connectivity index (χ3v) is 7.61. The Bertz CT molecular complexity index is 1120. The second-order valence-corrected chi connectivity index (χ2v) is 10.9. The quantitative estimate of drug-likeness (QED) is 0.662. The molecule has 0 amide bonds. The first-order chi connectivity index (χ1) is 14.6. The van der Waals surface area contributed by atoms with Crippen LogP contribution < -0.4 is 19.5 Å². The Morgan fingerprint density at radius 1 is 1.03 bits per heavy atom. The molecular weight excluding hydrogens is 412 g/mol. The van der Waals surface area contributed by atoms with E-state index in [2.05, 4.69) is 28.3 Å². The van der Waals surface area contributed by atoms with Crippen molar-refractivity contribution < 1.29 is 17.9 Å². The first-order valence-electron chi connectivity index (χ1n) is 10.5. The van der Waals surface area contributed by atoms with Gasteiger partial charge >= 0.3 is 0 Å². The molecule has 2 aromatic rings. The smallest absolute Gasteiger partial charge is 0.241 e. The van der Waals surface area contributed by atoms with Crippen LogP contribution in [0.4, 0.5) is 5.69 Å². The number of hydrogen-bond acceptors (Lipinski definition) is 5. The number of fused-ring (bicyclic) bond motifs is 3. The van der Waals surface area contributed by atoms with Gasteiger partial charge in [-0.2, -0.15) is 0 Å². The van der Waals surface area contributed by atoms with Crippen LogP contribution in [0.2, 0.25) is 0 Å². The van der Waals surface area contributed by atoms with Crippen molar-refractivity contribution in [3.63, 3.8) is 0 Å². The Balaban J connectivity index is 1.72. The van der Waals surface area contributed by atoms with Gasteiger partial charge in [0, 0.05) is 17.1 Å². The summed E-state index contributed by atoms with van der Waals surface area (Å²) in [5.74, 6) is 1.84. The summed E-state index contributed by atoms with van der Waals surface area (Å²) in [6, 6.07) is 11.5. The number of nitrogens with one attached hydrogen (secondary N) is 2. The average molecular weight is 443 g/mol. The summed E-state index contributed by atoms with van der Waals surface area (Å²) in [7, 11) is -0.329. The lowest BCUT2D eigenvalue weighted by molar-refractivity contribution is 0.353. The van der Waals surface area contributed by atoms with Gasteiger partial charge in [-0.15, -0.1) is 0 Å². The molecule has 2 aromatic carbocycles. The summed E-state index contributed by atoms with van der Waals surface area (Å²) >= 11 is 0. The molecule has 1 aliphatic carbocycles. The van der Waals surface area contributed by atoms with E-state index < -0.39 is 15.6 Å². The second kappa shape index (κ2) is 7.88. The van der Waals surface area contributed by atoms with Crippen LogP contribution in [-0.4, -0.2) is 28.2 Å². The van der Waals surface area contributed by atoms with Gasteiger partial charge in [0.15, 0.2) is 11.5 Å². The minimum Gasteiger partial charge on any atom is -0.493 e. The van der Waals surface area contributed by atoms with Crippen molar-refractivity contribution in [2.24, 2.45) is 5.92 Å². The highest BCUT2D eigenvalue weighted by Crippen LogP contribution is 2.50. The SMILES string of the molecule is COc1ccc(C2Nc3ccc(S(=O)(=O)NC(C)(C)C)cc3C3C=CCC32)cc1OC. The maximum absolute atomic E-state index is 12.9. The number of benzene rings is 2. The van der Waals surface area contributed by atoms with Crippen LogP contribution in [-0.2, 0) is 10.0 Å². The van der Waals surface area contributed by atoms with E-state index in [1.807, 2.05) is 45.0 Å². The standard InChI is InChI=1S/C24H30N2O4S/c1-24(2,3)26-31(27,28)16-10-11-20-19(14-16)17-7-6-8-18(17)23(25-20)15-9-12-21(29-4)22(13-15)30-5/h6-7,9-14,17-18,23,25-26H,8H2,1-5H3. The highest BCUT2D eigenvalue weighted by molar-refractivity contribution is 7.89. The summed E-state index contributed by atoms with van der Waals surface area (Å²) < 4.78 is 39.4. The Labute approximate surface area is 184 Å². The van der Waals surface area contributed by atoms with E-state index in [-0.39, 0.29) is 12.0 Å². The number of rotatable bonds is 5. The van der Waals surface area contributed by atoms with Crippen LogP contribution in [0.1, 0.15) is 50.3 Å². The molecule has 166 valence electrons. The average Bonchev–Trinajstić information content (AvgIpc) is 3.20. The maximum Gasteiger partial charge on any atom is 0.241 e. The topological polar surface area (TPSA) is 76.7 Å². The van der Waals surface area contributed by atoms with Crippen molar-refractivity contribution >= 4 is 15.7 Å². The molecule has 0 spiro atoms. The summed E-state index contributed by atoms with van der Waals surface area (Å²) in [5.41, 5.74) is 2.56. The van der Waals surface area contributed by atoms with Gasteiger partial charge in [-0.1, -0.05) is 18.2 Å². The molecule has 2 aliphatic rings. The van der Waals surface area contributed by atoms with Gasteiger partial charge in [0.2, 0.25) is 10.0 Å². The monoisotopic (exact) mass is 442 g/mol. The molecular formula is C24H30N2O4S. The lowest BCUT2D eigenvalue weighted by atomic mass is 9.77. The number of hydrogen-bond donors (Lipinski definition) is 2. The summed E-state index contributed by atoms with van der Waals surface area (Å²) in [6.07, 6.45) is 5.31.